The van der Waals surface area contributed by atoms with E-state index in [1.807, 2.05) is 90.5 Å². The van der Waals surface area contributed by atoms with E-state index >= 15 is 0 Å². The topological polar surface area (TPSA) is 67.0 Å². The zero-order valence-electron chi connectivity index (χ0n) is 22.3. The number of ether oxygens (including phenoxy) is 1. The minimum atomic E-state index is -0.181. The number of aryl methyl sites for hydroxylation is 1. The minimum absolute atomic E-state index is 0.181. The second kappa shape index (κ2) is 9.85. The predicted octanol–water partition coefficient (Wildman–Crippen LogP) is 7.37. The number of benzene rings is 4. The monoisotopic (exact) mass is 524 g/mol. The van der Waals surface area contributed by atoms with Crippen LogP contribution in [-0.2, 0) is 0 Å². The molecule has 3 heterocycles. The molecule has 0 saturated carbocycles. The molecule has 4 aromatic carbocycles. The Morgan fingerprint density at radius 1 is 0.800 bits per heavy atom. The normalized spacial score (nSPS) is 15.3. The number of aromatic nitrogens is 2. The number of amidine groups is 2. The molecule has 1 atom stereocenters. The second-order valence-electron chi connectivity index (χ2n) is 9.72. The lowest BCUT2D eigenvalue weighted by Crippen LogP contribution is -2.46. The van der Waals surface area contributed by atoms with Gasteiger partial charge >= 0.3 is 0 Å². The van der Waals surface area contributed by atoms with E-state index in [1.165, 1.54) is 0 Å². The highest BCUT2D eigenvalue weighted by Crippen LogP contribution is 2.48. The number of rotatable bonds is 5. The Labute approximate surface area is 233 Å². The van der Waals surface area contributed by atoms with Gasteiger partial charge in [-0.3, -0.25) is 0 Å². The van der Waals surface area contributed by atoms with Crippen LogP contribution in [-0.4, -0.2) is 28.1 Å². The van der Waals surface area contributed by atoms with Gasteiger partial charge in [-0.25, -0.2) is 14.7 Å². The van der Waals surface area contributed by atoms with E-state index in [0.717, 1.165) is 57.0 Å². The van der Waals surface area contributed by atoms with Gasteiger partial charge in [0.25, 0.3) is 0 Å². The Bertz CT molecular complexity index is 1740. The molecule has 0 unspecified atom stereocenters. The van der Waals surface area contributed by atoms with E-state index in [1.54, 1.807) is 0 Å². The van der Waals surface area contributed by atoms with Gasteiger partial charge in [0.05, 0.1) is 35.4 Å². The number of hydrogen-bond acceptors (Lipinski definition) is 6. The van der Waals surface area contributed by atoms with Crippen molar-refractivity contribution >= 4 is 34.6 Å². The number of nitrogens with zero attached hydrogens (tertiary/aromatic N) is 5. The van der Waals surface area contributed by atoms with E-state index < -0.39 is 0 Å². The molecule has 1 aromatic heterocycles. The number of hydrogen-bond donors (Lipinski definition) is 1. The smallest absolute Gasteiger partial charge is 0.179 e. The molecular formula is C33H28N6O. The first-order valence-corrected chi connectivity index (χ1v) is 13.5. The molecule has 7 rings (SSSR count). The summed E-state index contributed by atoms with van der Waals surface area (Å²) < 4.78 is 7.71. The van der Waals surface area contributed by atoms with E-state index in [-0.39, 0.29) is 6.04 Å². The van der Waals surface area contributed by atoms with Crippen LogP contribution in [0, 0.1) is 6.92 Å². The summed E-state index contributed by atoms with van der Waals surface area (Å²) in [6.07, 6.45) is 0. The zero-order valence-corrected chi connectivity index (χ0v) is 22.3. The molecule has 40 heavy (non-hydrogen) atoms. The van der Waals surface area contributed by atoms with Crippen molar-refractivity contribution in [1.29, 1.82) is 0 Å². The third-order valence-electron chi connectivity index (χ3n) is 7.18. The fourth-order valence-corrected chi connectivity index (χ4v) is 5.43. The molecule has 1 N–H and O–H groups in total. The lowest BCUT2D eigenvalue weighted by Gasteiger charge is -2.40. The van der Waals surface area contributed by atoms with Crippen LogP contribution in [0.4, 0.5) is 22.9 Å². The summed E-state index contributed by atoms with van der Waals surface area (Å²) in [6, 6.07) is 36.6. The SMILES string of the molecule is CCOc1ccc([C@H]2c3c(C)nn(-c4ccccc4)c3N=C3C(Nc4ccccc4)=Nc4ccccc4N32)cc1. The molecule has 0 spiro atoms. The molecule has 196 valence electrons. The van der Waals surface area contributed by atoms with Gasteiger partial charge in [0.1, 0.15) is 5.75 Å². The van der Waals surface area contributed by atoms with Crippen LogP contribution in [0.15, 0.2) is 119 Å². The van der Waals surface area contributed by atoms with Gasteiger partial charge in [0.2, 0.25) is 0 Å². The van der Waals surface area contributed by atoms with Crippen LogP contribution in [0.2, 0.25) is 0 Å². The number of anilines is 2. The van der Waals surface area contributed by atoms with Crippen LogP contribution in [0.3, 0.4) is 0 Å². The van der Waals surface area contributed by atoms with Crippen LogP contribution in [0.25, 0.3) is 5.69 Å². The molecular weight excluding hydrogens is 496 g/mol. The molecule has 7 heteroatoms. The largest absolute Gasteiger partial charge is 0.494 e. The van der Waals surface area contributed by atoms with Gasteiger partial charge in [0, 0.05) is 11.3 Å². The van der Waals surface area contributed by atoms with E-state index in [9.17, 15) is 0 Å². The molecule has 7 nitrogen and oxygen atoms in total. The average Bonchev–Trinajstić information content (AvgIpc) is 3.34. The Morgan fingerprint density at radius 3 is 2.25 bits per heavy atom. The maximum absolute atomic E-state index is 5.77. The van der Waals surface area contributed by atoms with Crippen molar-refractivity contribution < 1.29 is 4.74 Å². The number of para-hydroxylation sites is 4. The summed E-state index contributed by atoms with van der Waals surface area (Å²) in [4.78, 5) is 12.6. The summed E-state index contributed by atoms with van der Waals surface area (Å²) in [5.74, 6) is 3.08. The Kier molecular flexibility index (Phi) is 5.89. The molecule has 0 bridgehead atoms. The molecule has 0 saturated heterocycles. The molecule has 0 aliphatic carbocycles. The van der Waals surface area contributed by atoms with E-state index in [4.69, 9.17) is 19.8 Å². The Morgan fingerprint density at radius 2 is 1.50 bits per heavy atom. The molecule has 0 radical (unpaired) electrons. The van der Waals surface area contributed by atoms with Crippen molar-refractivity contribution in [3.63, 3.8) is 0 Å². The highest BCUT2D eigenvalue weighted by Gasteiger charge is 2.41. The quantitative estimate of drug-likeness (QED) is 0.261. The maximum atomic E-state index is 5.77. The standard InChI is InChI=1S/C33H28N6O/c1-3-40-26-20-18-23(19-21-26)30-29-22(2)37-39(25-14-8-5-9-15-25)32(29)36-33-31(34-24-12-6-4-7-13-24)35-27-16-10-11-17-28(27)38(30)33/h4-21,30H,3H2,1-2H3,(H,34,35)/t30-/m0/s1. The Hall–Kier alpha value is -5.17. The van der Waals surface area contributed by atoms with Crippen LogP contribution >= 0.6 is 0 Å². The predicted molar refractivity (Wildman–Crippen MR) is 161 cm³/mol. The van der Waals surface area contributed by atoms with Gasteiger partial charge in [-0.2, -0.15) is 5.10 Å². The summed E-state index contributed by atoms with van der Waals surface area (Å²) in [5, 5.41) is 8.55. The van der Waals surface area contributed by atoms with Crippen molar-refractivity contribution in [3.8, 4) is 11.4 Å². The third-order valence-corrected chi connectivity index (χ3v) is 7.18. The zero-order chi connectivity index (χ0) is 27.1. The van der Waals surface area contributed by atoms with Gasteiger partial charge in [-0.15, -0.1) is 0 Å². The molecule has 2 aliphatic rings. The van der Waals surface area contributed by atoms with E-state index in [2.05, 4.69) is 47.5 Å². The number of nitrogens with one attached hydrogen (secondary N) is 1. The molecule has 0 amide bonds. The fraction of sp³-hybridized carbons (Fsp3) is 0.121. The van der Waals surface area contributed by atoms with Crippen LogP contribution < -0.4 is 15.0 Å². The summed E-state index contributed by atoms with van der Waals surface area (Å²) >= 11 is 0. The molecule has 2 aliphatic heterocycles. The van der Waals surface area contributed by atoms with Crippen molar-refractivity contribution in [2.75, 3.05) is 16.8 Å². The lowest BCUT2D eigenvalue weighted by molar-refractivity contribution is 0.340. The third kappa shape index (κ3) is 4.03. The van der Waals surface area contributed by atoms with Gasteiger partial charge in [0.15, 0.2) is 17.5 Å². The fourth-order valence-electron chi connectivity index (χ4n) is 5.43. The van der Waals surface area contributed by atoms with Crippen molar-refractivity contribution in [2.24, 2.45) is 9.98 Å². The molecule has 0 fully saturated rings. The summed E-state index contributed by atoms with van der Waals surface area (Å²) in [5.41, 5.74) is 6.89. The summed E-state index contributed by atoms with van der Waals surface area (Å²) in [7, 11) is 0. The molecule has 5 aromatic rings. The van der Waals surface area contributed by atoms with Crippen molar-refractivity contribution in [3.05, 3.63) is 126 Å². The van der Waals surface area contributed by atoms with Gasteiger partial charge in [-0.05, 0) is 67.9 Å². The van der Waals surface area contributed by atoms with Gasteiger partial charge < -0.3 is 15.0 Å². The first-order chi connectivity index (χ1) is 19.7. The first kappa shape index (κ1) is 23.9. The van der Waals surface area contributed by atoms with Crippen molar-refractivity contribution in [1.82, 2.24) is 9.78 Å². The second-order valence-corrected chi connectivity index (χ2v) is 9.72. The summed E-state index contributed by atoms with van der Waals surface area (Å²) in [6.45, 7) is 4.68. The highest BCUT2D eigenvalue weighted by atomic mass is 16.5. The van der Waals surface area contributed by atoms with Crippen molar-refractivity contribution in [2.45, 2.75) is 19.9 Å². The average molecular weight is 525 g/mol. The van der Waals surface area contributed by atoms with Crippen LogP contribution in [0.5, 0.6) is 5.75 Å². The maximum Gasteiger partial charge on any atom is 0.179 e. The first-order valence-electron chi connectivity index (χ1n) is 13.5. The van der Waals surface area contributed by atoms with Crippen LogP contribution in [0.1, 0.15) is 29.8 Å². The minimum Gasteiger partial charge on any atom is -0.494 e. The highest BCUT2D eigenvalue weighted by molar-refractivity contribution is 6.51. The van der Waals surface area contributed by atoms with E-state index in [0.29, 0.717) is 12.4 Å². The Balaban J connectivity index is 1.48. The van der Waals surface area contributed by atoms with Gasteiger partial charge in [-0.1, -0.05) is 60.7 Å². The lowest BCUT2D eigenvalue weighted by atomic mass is 9.93. The number of fused-ring (bicyclic) bond motifs is 4. The number of aliphatic imine (C=N–C) groups is 2.